The number of aliphatic imine (C=N–C) groups is 1. The lowest BCUT2D eigenvalue weighted by molar-refractivity contribution is -0.133. The molecule has 2 fully saturated rings. The highest BCUT2D eigenvalue weighted by atomic mass is 35.5. The molecule has 3 N–H and O–H groups in total. The van der Waals surface area contributed by atoms with Crippen LogP contribution in [-0.2, 0) is 11.3 Å². The highest BCUT2D eigenvalue weighted by molar-refractivity contribution is 7.15. The lowest BCUT2D eigenvalue weighted by Crippen LogP contribution is -2.48. The third-order valence-electron chi connectivity index (χ3n) is 12.5. The fourth-order valence-electron chi connectivity index (χ4n) is 8.88. The molecule has 2 saturated heterocycles. The van der Waals surface area contributed by atoms with E-state index < -0.39 is 11.7 Å². The van der Waals surface area contributed by atoms with E-state index in [1.54, 1.807) is 24.3 Å². The second kappa shape index (κ2) is 16.7. The number of piperazine rings is 1. The molecule has 1 amide bonds. The van der Waals surface area contributed by atoms with Gasteiger partial charge in [-0.15, -0.1) is 21.5 Å². The predicted molar refractivity (Wildman–Crippen MR) is 237 cm³/mol. The van der Waals surface area contributed by atoms with Crippen molar-refractivity contribution in [2.24, 2.45) is 10.9 Å². The number of carbonyl (C=O) groups is 1. The molecule has 3 aromatic carbocycles. The van der Waals surface area contributed by atoms with Gasteiger partial charge in [-0.3, -0.25) is 19.3 Å². The molecular formula is C45H49ClN10O4S. The van der Waals surface area contributed by atoms with Gasteiger partial charge in [-0.1, -0.05) is 35.9 Å². The number of benzene rings is 3. The lowest BCUT2D eigenvalue weighted by atomic mass is 9.95. The van der Waals surface area contributed by atoms with Crippen LogP contribution in [-0.4, -0.2) is 112 Å². The smallest absolute Gasteiger partial charge is 0.348 e. The Morgan fingerprint density at radius 1 is 0.869 bits per heavy atom. The number of nitrogens with one attached hydrogen (secondary N) is 1. The second-order valence-corrected chi connectivity index (χ2v) is 18.2. The quantitative estimate of drug-likeness (QED) is 0.147. The Bertz CT molecular complexity index is 2680. The number of amides is 1. The number of hydrogen-bond acceptors (Lipinski definition) is 11. The number of nitrogens with zero attached hydrogens (tertiary/aromatic N) is 9. The normalized spacial score (nSPS) is 17.6. The van der Waals surface area contributed by atoms with Gasteiger partial charge in [0.25, 0.3) is 0 Å². The number of phenolic OH excluding ortho intramolecular Hbond substituents is 2. The van der Waals surface area contributed by atoms with Crippen LogP contribution in [0.25, 0.3) is 22.1 Å². The lowest BCUT2D eigenvalue weighted by Gasteiger charge is -2.39. The summed E-state index contributed by atoms with van der Waals surface area (Å²) in [5.41, 5.74) is 6.31. The van der Waals surface area contributed by atoms with Crippen LogP contribution in [0.5, 0.6) is 11.5 Å². The van der Waals surface area contributed by atoms with Crippen molar-refractivity contribution in [3.8, 4) is 33.6 Å². The largest absolute Gasteiger partial charge is 0.508 e. The fourth-order valence-corrected chi connectivity index (χ4v) is 10.2. The maximum Gasteiger partial charge on any atom is 0.348 e. The van der Waals surface area contributed by atoms with Crippen molar-refractivity contribution in [1.82, 2.24) is 44.2 Å². The first-order valence-electron chi connectivity index (χ1n) is 20.8. The number of carbonyl (C=O) groups excluding carboxylic acids is 1. The number of piperidine rings is 1. The number of aromatic nitrogens is 6. The summed E-state index contributed by atoms with van der Waals surface area (Å²) < 4.78 is 3.53. The number of phenols is 2. The van der Waals surface area contributed by atoms with E-state index in [0.717, 1.165) is 98.4 Å². The summed E-state index contributed by atoms with van der Waals surface area (Å²) in [5, 5.41) is 37.9. The molecule has 6 aromatic rings. The number of rotatable bonds is 9. The van der Waals surface area contributed by atoms with Crippen molar-refractivity contribution in [1.29, 1.82) is 0 Å². The van der Waals surface area contributed by atoms with E-state index in [-0.39, 0.29) is 29.7 Å². The van der Waals surface area contributed by atoms with Gasteiger partial charge in [0.05, 0.1) is 23.4 Å². The molecule has 3 aliphatic rings. The first-order chi connectivity index (χ1) is 29.4. The Hall–Kier alpha value is -5.61. The van der Waals surface area contributed by atoms with E-state index in [4.69, 9.17) is 16.6 Å². The summed E-state index contributed by atoms with van der Waals surface area (Å²) in [5.74, 6) is 2.19. The summed E-state index contributed by atoms with van der Waals surface area (Å²) in [7, 11) is 0. The first-order valence-corrected chi connectivity index (χ1v) is 22.0. The van der Waals surface area contributed by atoms with Crippen LogP contribution in [0.4, 0.5) is 0 Å². The molecular weight excluding hydrogens is 812 g/mol. The maximum absolute atomic E-state index is 14.0. The predicted octanol–water partition coefficient (Wildman–Crippen LogP) is 6.51. The van der Waals surface area contributed by atoms with Crippen molar-refractivity contribution >= 4 is 34.6 Å². The van der Waals surface area contributed by atoms with Crippen molar-refractivity contribution in [3.05, 3.63) is 121 Å². The van der Waals surface area contributed by atoms with E-state index in [1.165, 1.54) is 21.1 Å². The van der Waals surface area contributed by atoms with Crippen LogP contribution < -0.4 is 5.69 Å². The summed E-state index contributed by atoms with van der Waals surface area (Å²) in [4.78, 5) is 40.4. The highest BCUT2D eigenvalue weighted by Crippen LogP contribution is 2.40. The number of likely N-dealkylation sites (tertiary alicyclic amines) is 1. The molecule has 16 heteroatoms. The number of aromatic hydroxyl groups is 2. The van der Waals surface area contributed by atoms with Gasteiger partial charge in [-0.25, -0.2) is 14.5 Å². The Labute approximate surface area is 362 Å². The Kier molecular flexibility index (Phi) is 11.2. The Morgan fingerprint density at radius 3 is 2.30 bits per heavy atom. The second-order valence-electron chi connectivity index (χ2n) is 16.5. The summed E-state index contributed by atoms with van der Waals surface area (Å²) >= 11 is 8.00. The molecule has 3 aromatic heterocycles. The third kappa shape index (κ3) is 8.03. The minimum absolute atomic E-state index is 0.0290. The average molecular weight is 861 g/mol. The third-order valence-corrected chi connectivity index (χ3v) is 13.9. The van der Waals surface area contributed by atoms with Crippen molar-refractivity contribution < 1.29 is 15.0 Å². The van der Waals surface area contributed by atoms with Crippen molar-refractivity contribution in [2.75, 3.05) is 45.8 Å². The van der Waals surface area contributed by atoms with E-state index in [9.17, 15) is 19.8 Å². The molecule has 14 nitrogen and oxygen atoms in total. The van der Waals surface area contributed by atoms with Gasteiger partial charge in [0, 0.05) is 79.5 Å². The van der Waals surface area contributed by atoms with Crippen molar-refractivity contribution in [2.45, 2.75) is 59.5 Å². The van der Waals surface area contributed by atoms with E-state index >= 15 is 0 Å². The number of aryl methyl sites for hydroxylation is 3. The van der Waals surface area contributed by atoms with Gasteiger partial charge < -0.3 is 20.0 Å². The van der Waals surface area contributed by atoms with Gasteiger partial charge in [-0.05, 0) is 93.5 Å². The molecule has 61 heavy (non-hydrogen) atoms. The van der Waals surface area contributed by atoms with Gasteiger partial charge >= 0.3 is 5.69 Å². The zero-order valence-corrected chi connectivity index (χ0v) is 36.3. The monoisotopic (exact) mass is 860 g/mol. The number of halogens is 1. The molecule has 1 atom stereocenters. The van der Waals surface area contributed by atoms with Crippen LogP contribution in [0.3, 0.4) is 0 Å². The molecule has 0 saturated carbocycles. The number of thiophene rings is 1. The topological polar surface area (TPSA) is 161 Å². The Balaban J connectivity index is 0.789. The van der Waals surface area contributed by atoms with Gasteiger partial charge in [0.1, 0.15) is 28.4 Å². The minimum atomic E-state index is -0.476. The number of H-pyrrole nitrogens is 1. The molecule has 6 heterocycles. The zero-order valence-electron chi connectivity index (χ0n) is 34.7. The molecule has 0 bridgehead atoms. The van der Waals surface area contributed by atoms with Crippen molar-refractivity contribution in [3.63, 3.8) is 0 Å². The molecule has 3 aliphatic heterocycles. The average Bonchev–Trinajstić information content (AvgIpc) is 3.89. The fraction of sp³-hybridized carbons (Fsp3) is 0.378. The summed E-state index contributed by atoms with van der Waals surface area (Å²) in [6, 6.07) is 18.0. The highest BCUT2D eigenvalue weighted by Gasteiger charge is 2.34. The first kappa shape index (κ1) is 40.8. The molecule has 0 spiro atoms. The molecule has 0 aliphatic carbocycles. The molecule has 316 valence electrons. The van der Waals surface area contributed by atoms with Crippen LogP contribution in [0, 0.1) is 33.6 Å². The van der Waals surface area contributed by atoms with Gasteiger partial charge in [0.15, 0.2) is 11.6 Å². The van der Waals surface area contributed by atoms with Crippen LogP contribution in [0.2, 0.25) is 5.02 Å². The maximum atomic E-state index is 14.0. The van der Waals surface area contributed by atoms with Crippen LogP contribution in [0.1, 0.15) is 69.6 Å². The standard InChI is InChI=1S/C45H49ClN10O4S/c1-26-21-35(38(58)23-37(26)57)42-49-51-45(60)56(42)34-11-5-30(6-12-34)24-52-17-19-53(20-18-52)25-31-13-15-54(16-14-31)39(59)22-36-43-50-48-29(4)55(43)44-40(27(2)28(3)61-44)41(47-36)32-7-9-33(46)10-8-32/h5-12,21,23,31,36,57-58H,13-20,22,24-25H2,1-4H3,(H,51,60)/t36-/m0/s1. The van der Waals surface area contributed by atoms with Gasteiger partial charge in [-0.2, -0.15) is 5.10 Å². The van der Waals surface area contributed by atoms with E-state index in [0.29, 0.717) is 33.6 Å². The van der Waals surface area contributed by atoms with E-state index in [1.807, 2.05) is 60.4 Å². The molecule has 0 unspecified atom stereocenters. The zero-order chi connectivity index (χ0) is 42.5. The van der Waals surface area contributed by atoms with E-state index in [2.05, 4.69) is 48.6 Å². The molecule has 9 rings (SSSR count). The Morgan fingerprint density at radius 2 is 1.57 bits per heavy atom. The minimum Gasteiger partial charge on any atom is -0.508 e. The number of aromatic amines is 1. The number of fused-ring (bicyclic) bond motifs is 3. The van der Waals surface area contributed by atoms with Crippen LogP contribution >= 0.6 is 22.9 Å². The molecule has 0 radical (unpaired) electrons. The summed E-state index contributed by atoms with van der Waals surface area (Å²) in [6.45, 7) is 15.1. The number of hydrogen-bond donors (Lipinski definition) is 3. The van der Waals surface area contributed by atoms with Crippen LogP contribution in [0.15, 0.2) is 70.5 Å². The van der Waals surface area contributed by atoms with Gasteiger partial charge in [0.2, 0.25) is 5.91 Å². The summed E-state index contributed by atoms with van der Waals surface area (Å²) in [6.07, 6.45) is 2.17. The SMILES string of the molecule is Cc1cc(-c2n[nH]c(=O)n2-c2ccc(CN3CCN(CC4CCN(C(=O)C[C@@H]5N=C(c6ccc(Cl)cc6)c6c(sc(C)c6C)-n6c(C)nnc65)CC4)CC3)cc2)c(O)cc1O.